The van der Waals surface area contributed by atoms with Crippen LogP contribution in [-0.4, -0.2) is 25.4 Å². The molecule has 2 aromatic rings. The number of hydrogen-bond donors (Lipinski definition) is 2. The van der Waals surface area contributed by atoms with Crippen LogP contribution in [0.5, 0.6) is 11.5 Å². The Morgan fingerprint density at radius 2 is 2.14 bits per heavy atom. The van der Waals surface area contributed by atoms with Gasteiger partial charge in [-0.1, -0.05) is 11.6 Å². The van der Waals surface area contributed by atoms with Crippen molar-refractivity contribution in [1.29, 1.82) is 0 Å². The highest BCUT2D eigenvalue weighted by atomic mass is 35.5. The Labute approximate surface area is 133 Å². The second-order valence-corrected chi connectivity index (χ2v) is 6.03. The summed E-state index contributed by atoms with van der Waals surface area (Å²) in [6.07, 6.45) is 0. The molecular weight excluding hydrogens is 310 g/mol. The lowest BCUT2D eigenvalue weighted by Crippen LogP contribution is -2.07. The van der Waals surface area contributed by atoms with Crippen LogP contribution in [0.15, 0.2) is 29.6 Å². The molecule has 21 heavy (non-hydrogen) atoms. The SMILES string of the molecule is COc1ccc(NC(C)c2csc(Cl)c2)cc1OCCO. The number of rotatable bonds is 7. The summed E-state index contributed by atoms with van der Waals surface area (Å²) in [7, 11) is 1.59. The van der Waals surface area contributed by atoms with Gasteiger partial charge in [0.15, 0.2) is 11.5 Å². The predicted molar refractivity (Wildman–Crippen MR) is 86.9 cm³/mol. The summed E-state index contributed by atoms with van der Waals surface area (Å²) in [5, 5.41) is 14.3. The molecule has 1 aromatic carbocycles. The molecule has 0 aliphatic rings. The maximum atomic E-state index is 8.86. The first-order valence-corrected chi connectivity index (χ1v) is 7.82. The number of ether oxygens (including phenoxy) is 2. The van der Waals surface area contributed by atoms with Crippen molar-refractivity contribution in [2.24, 2.45) is 0 Å². The van der Waals surface area contributed by atoms with E-state index in [2.05, 4.69) is 12.2 Å². The Balaban J connectivity index is 2.12. The zero-order valence-corrected chi connectivity index (χ0v) is 13.5. The summed E-state index contributed by atoms with van der Waals surface area (Å²) in [5.41, 5.74) is 2.05. The van der Waals surface area contributed by atoms with Gasteiger partial charge < -0.3 is 19.9 Å². The zero-order chi connectivity index (χ0) is 15.2. The van der Waals surface area contributed by atoms with E-state index in [1.165, 1.54) is 11.3 Å². The second kappa shape index (κ2) is 7.54. The highest BCUT2D eigenvalue weighted by molar-refractivity contribution is 7.14. The Morgan fingerprint density at radius 3 is 2.76 bits per heavy atom. The molecule has 0 bridgehead atoms. The fourth-order valence-electron chi connectivity index (χ4n) is 1.92. The molecule has 4 nitrogen and oxygen atoms in total. The molecule has 1 atom stereocenters. The van der Waals surface area contributed by atoms with Crippen LogP contribution in [-0.2, 0) is 0 Å². The monoisotopic (exact) mass is 327 g/mol. The van der Waals surface area contributed by atoms with Crippen LogP contribution < -0.4 is 14.8 Å². The third-order valence-electron chi connectivity index (χ3n) is 2.98. The standard InChI is InChI=1S/C15H18ClNO3S/c1-10(11-7-15(16)21-9-11)17-12-3-4-13(19-2)14(8-12)20-6-5-18/h3-4,7-10,17-18H,5-6H2,1-2H3. The van der Waals surface area contributed by atoms with E-state index in [9.17, 15) is 0 Å². The molecule has 0 aliphatic heterocycles. The largest absolute Gasteiger partial charge is 0.493 e. The molecule has 1 heterocycles. The van der Waals surface area contributed by atoms with Gasteiger partial charge in [-0.05, 0) is 36.1 Å². The number of methoxy groups -OCH3 is 1. The van der Waals surface area contributed by atoms with Crippen molar-refractivity contribution in [3.63, 3.8) is 0 Å². The number of thiophene rings is 1. The number of benzene rings is 1. The molecule has 0 fully saturated rings. The van der Waals surface area contributed by atoms with Gasteiger partial charge in [0, 0.05) is 17.8 Å². The summed E-state index contributed by atoms with van der Waals surface area (Å²) < 4.78 is 11.5. The van der Waals surface area contributed by atoms with Gasteiger partial charge in [-0.3, -0.25) is 0 Å². The van der Waals surface area contributed by atoms with Crippen molar-refractivity contribution in [1.82, 2.24) is 0 Å². The molecule has 2 N–H and O–H groups in total. The van der Waals surface area contributed by atoms with Gasteiger partial charge in [0.2, 0.25) is 0 Å². The van der Waals surface area contributed by atoms with E-state index in [1.54, 1.807) is 7.11 Å². The highest BCUT2D eigenvalue weighted by Crippen LogP contribution is 2.32. The minimum absolute atomic E-state index is 0.0371. The van der Waals surface area contributed by atoms with Gasteiger partial charge in [0.25, 0.3) is 0 Å². The average molecular weight is 328 g/mol. The number of hydrogen-bond acceptors (Lipinski definition) is 5. The first-order chi connectivity index (χ1) is 10.1. The lowest BCUT2D eigenvalue weighted by molar-refractivity contribution is 0.196. The summed E-state index contributed by atoms with van der Waals surface area (Å²) in [6.45, 7) is 2.26. The first-order valence-electron chi connectivity index (χ1n) is 6.56. The van der Waals surface area contributed by atoms with Crippen LogP contribution >= 0.6 is 22.9 Å². The molecule has 0 saturated carbocycles. The summed E-state index contributed by atoms with van der Waals surface area (Å²) >= 11 is 7.48. The van der Waals surface area contributed by atoms with Crippen LogP contribution in [0, 0.1) is 0 Å². The lowest BCUT2D eigenvalue weighted by atomic mass is 10.1. The molecule has 1 unspecified atom stereocenters. The van der Waals surface area contributed by atoms with Crippen molar-refractivity contribution < 1.29 is 14.6 Å². The highest BCUT2D eigenvalue weighted by Gasteiger charge is 2.10. The van der Waals surface area contributed by atoms with E-state index < -0.39 is 0 Å². The van der Waals surface area contributed by atoms with E-state index in [0.717, 1.165) is 15.6 Å². The zero-order valence-electron chi connectivity index (χ0n) is 11.9. The van der Waals surface area contributed by atoms with Crippen LogP contribution in [0.1, 0.15) is 18.5 Å². The van der Waals surface area contributed by atoms with Crippen LogP contribution in [0.3, 0.4) is 0 Å². The lowest BCUT2D eigenvalue weighted by Gasteiger charge is -2.16. The summed E-state index contributed by atoms with van der Waals surface area (Å²) in [4.78, 5) is 0. The molecule has 1 aromatic heterocycles. The maximum absolute atomic E-state index is 8.86. The van der Waals surface area contributed by atoms with Gasteiger partial charge in [-0.2, -0.15) is 0 Å². The van der Waals surface area contributed by atoms with E-state index in [0.29, 0.717) is 11.5 Å². The molecule has 2 rings (SSSR count). The van der Waals surface area contributed by atoms with Gasteiger partial charge in [0.05, 0.1) is 18.1 Å². The number of halogens is 1. The van der Waals surface area contributed by atoms with Gasteiger partial charge in [-0.15, -0.1) is 11.3 Å². The third-order valence-corrected chi connectivity index (χ3v) is 4.09. The van der Waals surface area contributed by atoms with Crippen molar-refractivity contribution in [3.05, 3.63) is 39.5 Å². The second-order valence-electron chi connectivity index (χ2n) is 4.49. The Morgan fingerprint density at radius 1 is 1.33 bits per heavy atom. The fourth-order valence-corrected chi connectivity index (χ4v) is 2.90. The molecule has 0 spiro atoms. The van der Waals surface area contributed by atoms with E-state index in [1.807, 2.05) is 29.6 Å². The minimum atomic E-state index is -0.0371. The molecule has 0 aliphatic carbocycles. The van der Waals surface area contributed by atoms with E-state index in [4.69, 9.17) is 26.2 Å². The van der Waals surface area contributed by atoms with Crippen LogP contribution in [0.25, 0.3) is 0 Å². The number of anilines is 1. The van der Waals surface area contributed by atoms with E-state index >= 15 is 0 Å². The number of nitrogens with one attached hydrogen (secondary N) is 1. The molecule has 114 valence electrons. The van der Waals surface area contributed by atoms with Crippen LogP contribution in [0.2, 0.25) is 4.34 Å². The smallest absolute Gasteiger partial charge is 0.163 e. The minimum Gasteiger partial charge on any atom is -0.493 e. The predicted octanol–water partition coefficient (Wildman–Crippen LogP) is 3.95. The van der Waals surface area contributed by atoms with Crippen molar-refractivity contribution in [2.45, 2.75) is 13.0 Å². The van der Waals surface area contributed by atoms with Crippen molar-refractivity contribution in [2.75, 3.05) is 25.6 Å². The summed E-state index contributed by atoms with van der Waals surface area (Å²) in [5.74, 6) is 1.24. The quantitative estimate of drug-likeness (QED) is 0.808. The van der Waals surface area contributed by atoms with Gasteiger partial charge >= 0.3 is 0 Å². The number of aliphatic hydroxyl groups excluding tert-OH is 1. The maximum Gasteiger partial charge on any atom is 0.163 e. The van der Waals surface area contributed by atoms with Gasteiger partial charge in [0.1, 0.15) is 6.61 Å². The number of aliphatic hydroxyl groups is 1. The fraction of sp³-hybridized carbons (Fsp3) is 0.333. The molecule has 0 amide bonds. The van der Waals surface area contributed by atoms with E-state index in [-0.39, 0.29) is 19.3 Å². The molecule has 0 saturated heterocycles. The molecule has 0 radical (unpaired) electrons. The van der Waals surface area contributed by atoms with Crippen molar-refractivity contribution >= 4 is 28.6 Å². The Bertz CT molecular complexity index is 588. The molecule has 6 heteroatoms. The summed E-state index contributed by atoms with van der Waals surface area (Å²) in [6, 6.07) is 7.71. The van der Waals surface area contributed by atoms with Crippen molar-refractivity contribution in [3.8, 4) is 11.5 Å². The first kappa shape index (κ1) is 15.9. The van der Waals surface area contributed by atoms with Gasteiger partial charge in [-0.25, -0.2) is 0 Å². The third kappa shape index (κ3) is 4.27. The Kier molecular flexibility index (Phi) is 5.73. The topological polar surface area (TPSA) is 50.7 Å². The molecular formula is C15H18ClNO3S. The Hall–Kier alpha value is -1.43. The average Bonchev–Trinajstić information content (AvgIpc) is 2.92. The normalized spacial score (nSPS) is 12.0. The van der Waals surface area contributed by atoms with Crippen LogP contribution in [0.4, 0.5) is 5.69 Å².